The fourth-order valence-corrected chi connectivity index (χ4v) is 3.94. The first-order valence-corrected chi connectivity index (χ1v) is 9.27. The predicted octanol–water partition coefficient (Wildman–Crippen LogP) is 2.29. The van der Waals surface area contributed by atoms with Crippen LogP contribution in [0, 0.1) is 0 Å². The first-order chi connectivity index (χ1) is 12.9. The molecule has 6 heteroatoms. The SMILES string of the molecule is c1cnc(N2CCN(Cc3nc4c([nH]3)CCc3ccccc3-4)CC2)nc1. The minimum absolute atomic E-state index is 0.831. The molecular weight excluding hydrogens is 324 g/mol. The van der Waals surface area contributed by atoms with E-state index < -0.39 is 0 Å². The van der Waals surface area contributed by atoms with Gasteiger partial charge in [-0.05, 0) is 24.5 Å². The molecule has 6 nitrogen and oxygen atoms in total. The molecule has 2 aliphatic rings. The molecule has 3 heterocycles. The lowest BCUT2D eigenvalue weighted by atomic mass is 9.93. The molecule has 26 heavy (non-hydrogen) atoms. The molecule has 1 saturated heterocycles. The lowest BCUT2D eigenvalue weighted by Gasteiger charge is -2.34. The molecule has 3 aromatic rings. The Balaban J connectivity index is 1.27. The second kappa shape index (κ2) is 6.53. The summed E-state index contributed by atoms with van der Waals surface area (Å²) in [6.45, 7) is 4.78. The third-order valence-electron chi connectivity index (χ3n) is 5.33. The monoisotopic (exact) mass is 346 g/mol. The minimum atomic E-state index is 0.831. The van der Waals surface area contributed by atoms with E-state index in [1.165, 1.54) is 16.8 Å². The van der Waals surface area contributed by atoms with Crippen LogP contribution in [0.4, 0.5) is 5.95 Å². The van der Waals surface area contributed by atoms with Gasteiger partial charge in [-0.2, -0.15) is 0 Å². The van der Waals surface area contributed by atoms with Crippen LogP contribution < -0.4 is 4.90 Å². The van der Waals surface area contributed by atoms with Crippen molar-refractivity contribution in [1.29, 1.82) is 0 Å². The van der Waals surface area contributed by atoms with Crippen LogP contribution in [0.5, 0.6) is 0 Å². The van der Waals surface area contributed by atoms with Gasteiger partial charge in [-0.15, -0.1) is 0 Å². The van der Waals surface area contributed by atoms with Crippen LogP contribution >= 0.6 is 0 Å². The Morgan fingerprint density at radius 3 is 2.58 bits per heavy atom. The third-order valence-corrected chi connectivity index (χ3v) is 5.33. The van der Waals surface area contributed by atoms with Crippen molar-refractivity contribution >= 4 is 5.95 Å². The lowest BCUT2D eigenvalue weighted by Crippen LogP contribution is -2.46. The van der Waals surface area contributed by atoms with E-state index in [1.54, 1.807) is 12.4 Å². The number of H-pyrrole nitrogens is 1. The standard InChI is InChI=1S/C20H22N6/c1-2-5-16-15(4-1)6-7-17-19(16)24-18(23-17)14-25-10-12-26(13-11-25)20-21-8-3-9-22-20/h1-5,8-9H,6-7,10-14H2,(H,23,24). The zero-order chi connectivity index (χ0) is 17.3. The summed E-state index contributed by atoms with van der Waals surface area (Å²) in [5.41, 5.74) is 5.14. The Morgan fingerprint density at radius 1 is 0.923 bits per heavy atom. The van der Waals surface area contributed by atoms with Gasteiger partial charge in [0.25, 0.3) is 0 Å². The highest BCUT2D eigenvalue weighted by Gasteiger charge is 2.23. The predicted molar refractivity (Wildman–Crippen MR) is 101 cm³/mol. The Kier molecular flexibility index (Phi) is 3.90. The van der Waals surface area contributed by atoms with Crippen molar-refractivity contribution in [1.82, 2.24) is 24.8 Å². The molecule has 132 valence electrons. The average molecular weight is 346 g/mol. The van der Waals surface area contributed by atoms with E-state index in [9.17, 15) is 0 Å². The van der Waals surface area contributed by atoms with Gasteiger partial charge in [0.15, 0.2) is 0 Å². The maximum Gasteiger partial charge on any atom is 0.225 e. The highest BCUT2D eigenvalue weighted by molar-refractivity contribution is 5.68. The van der Waals surface area contributed by atoms with E-state index in [0.29, 0.717) is 0 Å². The number of piperazine rings is 1. The van der Waals surface area contributed by atoms with Crippen LogP contribution in [0.3, 0.4) is 0 Å². The van der Waals surface area contributed by atoms with Crippen LogP contribution in [-0.2, 0) is 19.4 Å². The summed E-state index contributed by atoms with van der Waals surface area (Å²) in [6.07, 6.45) is 5.76. The molecule has 1 aromatic carbocycles. The van der Waals surface area contributed by atoms with Gasteiger partial charge < -0.3 is 9.88 Å². The van der Waals surface area contributed by atoms with Gasteiger partial charge in [0.1, 0.15) is 5.82 Å². The van der Waals surface area contributed by atoms with Crippen molar-refractivity contribution in [2.24, 2.45) is 0 Å². The average Bonchev–Trinajstić information content (AvgIpc) is 3.12. The fraction of sp³-hybridized carbons (Fsp3) is 0.350. The summed E-state index contributed by atoms with van der Waals surface area (Å²) in [7, 11) is 0. The van der Waals surface area contributed by atoms with Crippen LogP contribution in [-0.4, -0.2) is 51.0 Å². The van der Waals surface area contributed by atoms with Gasteiger partial charge in [-0.3, -0.25) is 4.90 Å². The molecular formula is C20H22N6. The number of fused-ring (bicyclic) bond motifs is 3. The quantitative estimate of drug-likeness (QED) is 0.788. The number of aromatic nitrogens is 4. The van der Waals surface area contributed by atoms with Crippen LogP contribution in [0.15, 0.2) is 42.7 Å². The minimum Gasteiger partial charge on any atom is -0.344 e. The molecule has 1 aliphatic carbocycles. The molecule has 1 N–H and O–H groups in total. The maximum atomic E-state index is 4.93. The number of aryl methyl sites for hydroxylation is 2. The number of anilines is 1. The van der Waals surface area contributed by atoms with E-state index in [4.69, 9.17) is 4.98 Å². The van der Waals surface area contributed by atoms with Gasteiger partial charge in [-0.25, -0.2) is 15.0 Å². The Hall–Kier alpha value is -2.73. The maximum absolute atomic E-state index is 4.93. The number of nitrogens with zero attached hydrogens (tertiary/aromatic N) is 5. The van der Waals surface area contributed by atoms with Crippen LogP contribution in [0.2, 0.25) is 0 Å². The van der Waals surface area contributed by atoms with Gasteiger partial charge in [0.2, 0.25) is 5.95 Å². The number of aromatic amines is 1. The Morgan fingerprint density at radius 2 is 1.73 bits per heavy atom. The molecule has 0 spiro atoms. The van der Waals surface area contributed by atoms with Crippen LogP contribution in [0.25, 0.3) is 11.3 Å². The lowest BCUT2D eigenvalue weighted by molar-refractivity contribution is 0.243. The largest absolute Gasteiger partial charge is 0.344 e. The second-order valence-electron chi connectivity index (χ2n) is 6.98. The number of nitrogens with one attached hydrogen (secondary N) is 1. The summed E-state index contributed by atoms with van der Waals surface area (Å²) >= 11 is 0. The molecule has 0 atom stereocenters. The molecule has 0 radical (unpaired) electrons. The van der Waals surface area contributed by atoms with Crippen molar-refractivity contribution in [3.63, 3.8) is 0 Å². The van der Waals surface area contributed by atoms with Crippen molar-refractivity contribution < 1.29 is 0 Å². The molecule has 2 aromatic heterocycles. The second-order valence-corrected chi connectivity index (χ2v) is 6.98. The van der Waals surface area contributed by atoms with Crippen molar-refractivity contribution in [3.8, 4) is 11.3 Å². The van der Waals surface area contributed by atoms with E-state index in [2.05, 4.69) is 49.0 Å². The molecule has 5 rings (SSSR count). The van der Waals surface area contributed by atoms with Crippen molar-refractivity contribution in [3.05, 3.63) is 59.8 Å². The first kappa shape index (κ1) is 15.5. The number of hydrogen-bond acceptors (Lipinski definition) is 5. The summed E-state index contributed by atoms with van der Waals surface area (Å²) in [5, 5.41) is 0. The molecule has 0 saturated carbocycles. The van der Waals surface area contributed by atoms with Crippen molar-refractivity contribution in [2.75, 3.05) is 31.1 Å². The zero-order valence-corrected chi connectivity index (χ0v) is 14.7. The molecule has 0 unspecified atom stereocenters. The summed E-state index contributed by atoms with van der Waals surface area (Å²) < 4.78 is 0. The number of benzene rings is 1. The Bertz CT molecular complexity index is 896. The van der Waals surface area contributed by atoms with Gasteiger partial charge in [0.05, 0.1) is 12.2 Å². The topological polar surface area (TPSA) is 60.9 Å². The van der Waals surface area contributed by atoms with Crippen LogP contribution in [0.1, 0.15) is 17.1 Å². The highest BCUT2D eigenvalue weighted by atomic mass is 15.3. The van der Waals surface area contributed by atoms with E-state index >= 15 is 0 Å². The van der Waals surface area contributed by atoms with Gasteiger partial charge in [-0.1, -0.05) is 24.3 Å². The number of rotatable bonds is 3. The summed E-state index contributed by atoms with van der Waals surface area (Å²) in [6, 6.07) is 10.5. The summed E-state index contributed by atoms with van der Waals surface area (Å²) in [5.74, 6) is 1.91. The number of hydrogen-bond donors (Lipinski definition) is 1. The zero-order valence-electron chi connectivity index (χ0n) is 14.7. The normalized spacial score (nSPS) is 17.0. The highest BCUT2D eigenvalue weighted by Crippen LogP contribution is 2.31. The molecule has 0 bridgehead atoms. The molecule has 1 aliphatic heterocycles. The van der Waals surface area contributed by atoms with E-state index in [0.717, 1.165) is 63.0 Å². The van der Waals surface area contributed by atoms with E-state index in [1.807, 2.05) is 6.07 Å². The van der Waals surface area contributed by atoms with Crippen molar-refractivity contribution in [2.45, 2.75) is 19.4 Å². The smallest absolute Gasteiger partial charge is 0.225 e. The molecule has 0 amide bonds. The molecule has 1 fully saturated rings. The number of imidazole rings is 1. The van der Waals surface area contributed by atoms with Gasteiger partial charge in [0, 0.05) is 49.8 Å². The Labute approximate surface area is 152 Å². The van der Waals surface area contributed by atoms with E-state index in [-0.39, 0.29) is 0 Å². The third kappa shape index (κ3) is 2.86. The first-order valence-electron chi connectivity index (χ1n) is 9.27. The fourth-order valence-electron chi connectivity index (χ4n) is 3.94. The van der Waals surface area contributed by atoms with Gasteiger partial charge >= 0.3 is 0 Å². The summed E-state index contributed by atoms with van der Waals surface area (Å²) in [4.78, 5) is 21.9.